The van der Waals surface area contributed by atoms with E-state index in [-0.39, 0.29) is 6.10 Å². The van der Waals surface area contributed by atoms with Crippen molar-refractivity contribution in [2.75, 3.05) is 19.7 Å². The average molecular weight is 277 g/mol. The second-order valence-electron chi connectivity index (χ2n) is 6.24. The molecular weight excluding hydrogens is 250 g/mol. The van der Waals surface area contributed by atoms with Gasteiger partial charge in [0, 0.05) is 19.1 Å². The monoisotopic (exact) mass is 277 g/mol. The van der Waals surface area contributed by atoms with Crippen LogP contribution in [0, 0.1) is 20.8 Å². The first-order chi connectivity index (χ1) is 9.40. The van der Waals surface area contributed by atoms with Crippen LogP contribution in [0.2, 0.25) is 0 Å². The number of aliphatic hydroxyl groups is 1. The number of benzene rings is 1. The van der Waals surface area contributed by atoms with Gasteiger partial charge in [0.05, 0.1) is 6.61 Å². The van der Waals surface area contributed by atoms with Crippen LogP contribution in [-0.2, 0) is 4.74 Å². The van der Waals surface area contributed by atoms with E-state index < -0.39 is 6.10 Å². The first kappa shape index (κ1) is 15.5. The summed E-state index contributed by atoms with van der Waals surface area (Å²) >= 11 is 0. The zero-order valence-electron chi connectivity index (χ0n) is 13.3. The number of rotatable bonds is 3. The van der Waals surface area contributed by atoms with Crippen LogP contribution in [0.25, 0.3) is 0 Å². The highest BCUT2D eigenvalue weighted by atomic mass is 16.5. The molecule has 1 aliphatic rings. The van der Waals surface area contributed by atoms with Crippen LogP contribution in [0.15, 0.2) is 12.1 Å². The fraction of sp³-hybridized carbons (Fsp3) is 0.647. The molecule has 3 heteroatoms. The van der Waals surface area contributed by atoms with E-state index in [1.54, 1.807) is 0 Å². The minimum Gasteiger partial charge on any atom is -0.386 e. The molecule has 1 heterocycles. The lowest BCUT2D eigenvalue weighted by atomic mass is 9.94. The van der Waals surface area contributed by atoms with Crippen molar-refractivity contribution in [2.45, 2.75) is 52.9 Å². The van der Waals surface area contributed by atoms with E-state index in [2.05, 4.69) is 51.7 Å². The number of hydrogen-bond donors (Lipinski definition) is 1. The SMILES string of the molecule is Cc1cc(C)c(C(O)C2CN(C(C)C)CCO2)cc1C. The van der Waals surface area contributed by atoms with E-state index in [1.807, 2.05) is 0 Å². The minimum absolute atomic E-state index is 0.132. The summed E-state index contributed by atoms with van der Waals surface area (Å²) in [7, 11) is 0. The first-order valence-electron chi connectivity index (χ1n) is 7.51. The largest absolute Gasteiger partial charge is 0.386 e. The Balaban J connectivity index is 2.18. The van der Waals surface area contributed by atoms with E-state index >= 15 is 0 Å². The van der Waals surface area contributed by atoms with Gasteiger partial charge in [-0.1, -0.05) is 12.1 Å². The summed E-state index contributed by atoms with van der Waals surface area (Å²) in [4.78, 5) is 2.37. The smallest absolute Gasteiger partial charge is 0.107 e. The molecule has 20 heavy (non-hydrogen) atoms. The fourth-order valence-electron chi connectivity index (χ4n) is 2.86. The summed E-state index contributed by atoms with van der Waals surface area (Å²) < 4.78 is 5.81. The molecule has 0 bridgehead atoms. The molecule has 3 nitrogen and oxygen atoms in total. The molecule has 0 amide bonds. The number of hydrogen-bond acceptors (Lipinski definition) is 3. The van der Waals surface area contributed by atoms with Crippen LogP contribution in [0.1, 0.15) is 42.2 Å². The zero-order valence-corrected chi connectivity index (χ0v) is 13.3. The van der Waals surface area contributed by atoms with Gasteiger partial charge < -0.3 is 9.84 Å². The van der Waals surface area contributed by atoms with Gasteiger partial charge >= 0.3 is 0 Å². The zero-order chi connectivity index (χ0) is 14.9. The van der Waals surface area contributed by atoms with Crippen molar-refractivity contribution in [1.29, 1.82) is 0 Å². The Morgan fingerprint density at radius 3 is 2.45 bits per heavy atom. The lowest BCUT2D eigenvalue weighted by Gasteiger charge is -2.37. The maximum atomic E-state index is 10.7. The van der Waals surface area contributed by atoms with Crippen molar-refractivity contribution in [2.24, 2.45) is 0 Å². The number of morpholine rings is 1. The molecule has 0 aliphatic carbocycles. The van der Waals surface area contributed by atoms with E-state index in [0.717, 1.165) is 24.2 Å². The van der Waals surface area contributed by atoms with Crippen molar-refractivity contribution in [3.8, 4) is 0 Å². The Kier molecular flexibility index (Phi) is 4.84. The topological polar surface area (TPSA) is 32.7 Å². The molecule has 2 rings (SSSR count). The number of aliphatic hydroxyl groups excluding tert-OH is 1. The molecule has 1 aliphatic heterocycles. The Labute approximate surface area is 122 Å². The van der Waals surface area contributed by atoms with Gasteiger partial charge in [0.25, 0.3) is 0 Å². The summed E-state index contributed by atoms with van der Waals surface area (Å²) in [6.07, 6.45) is -0.678. The van der Waals surface area contributed by atoms with Gasteiger partial charge in [-0.2, -0.15) is 0 Å². The highest BCUT2D eigenvalue weighted by molar-refractivity contribution is 5.38. The maximum Gasteiger partial charge on any atom is 0.107 e. The van der Waals surface area contributed by atoms with Crippen molar-refractivity contribution in [1.82, 2.24) is 4.90 Å². The molecular formula is C17H27NO2. The van der Waals surface area contributed by atoms with Gasteiger partial charge in [-0.05, 0) is 56.9 Å². The Morgan fingerprint density at radius 2 is 1.80 bits per heavy atom. The summed E-state index contributed by atoms with van der Waals surface area (Å²) in [5.74, 6) is 0. The van der Waals surface area contributed by atoms with Gasteiger partial charge in [0.1, 0.15) is 12.2 Å². The quantitative estimate of drug-likeness (QED) is 0.922. The molecule has 1 fully saturated rings. The highest BCUT2D eigenvalue weighted by Gasteiger charge is 2.29. The Bertz CT molecular complexity index is 470. The third kappa shape index (κ3) is 3.22. The van der Waals surface area contributed by atoms with Crippen LogP contribution in [0.4, 0.5) is 0 Å². The van der Waals surface area contributed by atoms with Gasteiger partial charge in [-0.3, -0.25) is 4.90 Å². The molecule has 0 radical (unpaired) electrons. The van der Waals surface area contributed by atoms with Gasteiger partial charge in [0.2, 0.25) is 0 Å². The van der Waals surface area contributed by atoms with Crippen LogP contribution < -0.4 is 0 Å². The van der Waals surface area contributed by atoms with Crippen LogP contribution in [0.3, 0.4) is 0 Å². The van der Waals surface area contributed by atoms with Crippen LogP contribution >= 0.6 is 0 Å². The molecule has 2 atom stereocenters. The van der Waals surface area contributed by atoms with Crippen LogP contribution in [0.5, 0.6) is 0 Å². The molecule has 0 saturated carbocycles. The Morgan fingerprint density at radius 1 is 1.15 bits per heavy atom. The third-order valence-corrected chi connectivity index (χ3v) is 4.41. The van der Waals surface area contributed by atoms with Crippen molar-refractivity contribution in [3.63, 3.8) is 0 Å². The maximum absolute atomic E-state index is 10.7. The predicted octanol–water partition coefficient (Wildman–Crippen LogP) is 2.75. The van der Waals surface area contributed by atoms with Crippen molar-refractivity contribution >= 4 is 0 Å². The number of nitrogens with zero attached hydrogens (tertiary/aromatic N) is 1. The lowest BCUT2D eigenvalue weighted by Crippen LogP contribution is -2.47. The second kappa shape index (κ2) is 6.25. The van der Waals surface area contributed by atoms with E-state index in [9.17, 15) is 5.11 Å². The molecule has 1 N–H and O–H groups in total. The van der Waals surface area contributed by atoms with Gasteiger partial charge in [-0.15, -0.1) is 0 Å². The summed E-state index contributed by atoms with van der Waals surface area (Å²) in [5, 5.41) is 10.7. The van der Waals surface area contributed by atoms with Gasteiger partial charge in [-0.25, -0.2) is 0 Å². The number of ether oxygens (including phenoxy) is 1. The van der Waals surface area contributed by atoms with E-state index in [4.69, 9.17) is 4.74 Å². The summed E-state index contributed by atoms with van der Waals surface area (Å²) in [6.45, 7) is 13.1. The number of aryl methyl sites for hydroxylation is 3. The summed E-state index contributed by atoms with van der Waals surface area (Å²) in [6, 6.07) is 4.75. The Hall–Kier alpha value is -0.900. The molecule has 2 unspecified atom stereocenters. The van der Waals surface area contributed by atoms with Crippen molar-refractivity contribution in [3.05, 3.63) is 34.4 Å². The van der Waals surface area contributed by atoms with Crippen molar-refractivity contribution < 1.29 is 9.84 Å². The van der Waals surface area contributed by atoms with Gasteiger partial charge in [0.15, 0.2) is 0 Å². The standard InChI is InChI=1S/C17H27NO2/c1-11(2)18-6-7-20-16(10-18)17(19)15-9-13(4)12(3)8-14(15)5/h8-9,11,16-17,19H,6-7,10H2,1-5H3. The predicted molar refractivity (Wildman–Crippen MR) is 82.1 cm³/mol. The molecule has 0 spiro atoms. The average Bonchev–Trinajstić information content (AvgIpc) is 2.42. The molecule has 112 valence electrons. The van der Waals surface area contributed by atoms with E-state index in [1.165, 1.54) is 11.1 Å². The third-order valence-electron chi connectivity index (χ3n) is 4.41. The normalized spacial score (nSPS) is 22.2. The molecule has 1 saturated heterocycles. The minimum atomic E-state index is -0.546. The molecule has 1 aromatic carbocycles. The van der Waals surface area contributed by atoms with E-state index in [0.29, 0.717) is 12.6 Å². The molecule has 0 aromatic heterocycles. The lowest BCUT2D eigenvalue weighted by molar-refractivity contribution is -0.0963. The molecule has 1 aromatic rings. The first-order valence-corrected chi connectivity index (χ1v) is 7.51. The van der Waals surface area contributed by atoms with Crippen LogP contribution in [-0.4, -0.2) is 41.8 Å². The highest BCUT2D eigenvalue weighted by Crippen LogP contribution is 2.27. The second-order valence-corrected chi connectivity index (χ2v) is 6.24. The summed E-state index contributed by atoms with van der Waals surface area (Å²) in [5.41, 5.74) is 4.64. The fourth-order valence-corrected chi connectivity index (χ4v) is 2.86.